The highest BCUT2D eigenvalue weighted by molar-refractivity contribution is 5.95. The van der Waals surface area contributed by atoms with E-state index in [1.165, 1.54) is 13.8 Å². The predicted octanol–water partition coefficient (Wildman–Crippen LogP) is 2.74. The number of anilines is 2. The van der Waals surface area contributed by atoms with Crippen molar-refractivity contribution in [2.45, 2.75) is 20.8 Å². The summed E-state index contributed by atoms with van der Waals surface area (Å²) in [5.74, 6) is -0.448. The van der Waals surface area contributed by atoms with Crippen molar-refractivity contribution < 1.29 is 14.4 Å². The van der Waals surface area contributed by atoms with Crippen LogP contribution in [-0.4, -0.2) is 30.8 Å². The smallest absolute Gasteiger partial charge is 0.251 e. The van der Waals surface area contributed by atoms with Gasteiger partial charge in [0.1, 0.15) is 0 Å². The average Bonchev–Trinajstić information content (AvgIpc) is 2.59. The zero-order valence-corrected chi connectivity index (χ0v) is 15.2. The molecule has 0 atom stereocenters. The Kier molecular flexibility index (Phi) is 6.49. The molecule has 0 spiro atoms. The van der Waals surface area contributed by atoms with Crippen LogP contribution in [0.5, 0.6) is 0 Å². The van der Waals surface area contributed by atoms with E-state index in [1.807, 2.05) is 19.1 Å². The molecule has 0 aliphatic rings. The summed E-state index contributed by atoms with van der Waals surface area (Å²) in [5, 5.41) is 5.50. The topological polar surface area (TPSA) is 78.5 Å². The molecule has 2 aromatic carbocycles. The SMILES string of the molecule is CC(=O)Nc1ccc(N(CCNC(=O)c2ccc(C)cc2)C(C)=O)cc1. The van der Waals surface area contributed by atoms with Gasteiger partial charge in [-0.05, 0) is 43.3 Å². The summed E-state index contributed by atoms with van der Waals surface area (Å²) in [6.45, 7) is 5.56. The second-order valence-corrected chi connectivity index (χ2v) is 6.02. The number of benzene rings is 2. The molecule has 2 N–H and O–H groups in total. The molecule has 136 valence electrons. The van der Waals surface area contributed by atoms with Crippen LogP contribution in [0.1, 0.15) is 29.8 Å². The van der Waals surface area contributed by atoms with E-state index < -0.39 is 0 Å². The van der Waals surface area contributed by atoms with Crippen molar-refractivity contribution in [1.82, 2.24) is 5.32 Å². The Morgan fingerprint density at radius 2 is 1.54 bits per heavy atom. The molecule has 0 radical (unpaired) electrons. The van der Waals surface area contributed by atoms with Crippen LogP contribution in [0.4, 0.5) is 11.4 Å². The molecule has 2 rings (SSSR count). The molecule has 26 heavy (non-hydrogen) atoms. The highest BCUT2D eigenvalue weighted by Crippen LogP contribution is 2.18. The van der Waals surface area contributed by atoms with E-state index in [-0.39, 0.29) is 17.7 Å². The van der Waals surface area contributed by atoms with Crippen molar-refractivity contribution >= 4 is 29.1 Å². The lowest BCUT2D eigenvalue weighted by Crippen LogP contribution is -2.37. The molecule has 3 amide bonds. The van der Waals surface area contributed by atoms with Crippen LogP contribution in [0.3, 0.4) is 0 Å². The van der Waals surface area contributed by atoms with Crippen LogP contribution in [-0.2, 0) is 9.59 Å². The van der Waals surface area contributed by atoms with Gasteiger partial charge in [0.2, 0.25) is 11.8 Å². The summed E-state index contributed by atoms with van der Waals surface area (Å²) >= 11 is 0. The number of nitrogens with one attached hydrogen (secondary N) is 2. The van der Waals surface area contributed by atoms with Gasteiger partial charge in [0.05, 0.1) is 0 Å². The Balaban J connectivity index is 1.95. The van der Waals surface area contributed by atoms with Gasteiger partial charge >= 0.3 is 0 Å². The van der Waals surface area contributed by atoms with E-state index in [0.29, 0.717) is 30.0 Å². The third-order valence-corrected chi connectivity index (χ3v) is 3.81. The highest BCUT2D eigenvalue weighted by atomic mass is 16.2. The molecular formula is C20H23N3O3. The fraction of sp³-hybridized carbons (Fsp3) is 0.250. The minimum absolute atomic E-state index is 0.123. The predicted molar refractivity (Wildman–Crippen MR) is 102 cm³/mol. The lowest BCUT2D eigenvalue weighted by Gasteiger charge is -2.21. The van der Waals surface area contributed by atoms with Crippen LogP contribution in [0.2, 0.25) is 0 Å². The number of hydrogen-bond acceptors (Lipinski definition) is 3. The molecule has 0 bridgehead atoms. The molecule has 0 heterocycles. The fourth-order valence-corrected chi connectivity index (χ4v) is 2.48. The molecule has 0 saturated heterocycles. The Morgan fingerprint density at radius 3 is 2.08 bits per heavy atom. The monoisotopic (exact) mass is 353 g/mol. The first-order valence-electron chi connectivity index (χ1n) is 8.37. The first-order chi connectivity index (χ1) is 12.4. The third-order valence-electron chi connectivity index (χ3n) is 3.81. The van der Waals surface area contributed by atoms with Gasteiger partial charge in [-0.3, -0.25) is 14.4 Å². The molecule has 0 aliphatic carbocycles. The van der Waals surface area contributed by atoms with Crippen molar-refractivity contribution in [3.05, 3.63) is 59.7 Å². The van der Waals surface area contributed by atoms with Crippen molar-refractivity contribution in [1.29, 1.82) is 0 Å². The van der Waals surface area contributed by atoms with Crippen LogP contribution >= 0.6 is 0 Å². The second kappa shape index (κ2) is 8.80. The molecule has 0 saturated carbocycles. The lowest BCUT2D eigenvalue weighted by molar-refractivity contribution is -0.116. The van der Waals surface area contributed by atoms with E-state index in [9.17, 15) is 14.4 Å². The van der Waals surface area contributed by atoms with Crippen LogP contribution in [0.25, 0.3) is 0 Å². The van der Waals surface area contributed by atoms with Crippen molar-refractivity contribution in [2.75, 3.05) is 23.3 Å². The summed E-state index contributed by atoms with van der Waals surface area (Å²) in [5.41, 5.74) is 3.05. The quantitative estimate of drug-likeness (QED) is 0.838. The van der Waals surface area contributed by atoms with E-state index in [2.05, 4.69) is 10.6 Å². The van der Waals surface area contributed by atoms with Crippen LogP contribution in [0, 0.1) is 6.92 Å². The first-order valence-corrected chi connectivity index (χ1v) is 8.37. The average molecular weight is 353 g/mol. The van der Waals surface area contributed by atoms with E-state index >= 15 is 0 Å². The molecule has 0 fully saturated rings. The maximum absolute atomic E-state index is 12.1. The third kappa shape index (κ3) is 5.44. The van der Waals surface area contributed by atoms with Gasteiger partial charge in [0, 0.05) is 43.9 Å². The van der Waals surface area contributed by atoms with Gasteiger partial charge in [-0.2, -0.15) is 0 Å². The van der Waals surface area contributed by atoms with E-state index in [0.717, 1.165) is 5.56 Å². The van der Waals surface area contributed by atoms with E-state index in [4.69, 9.17) is 0 Å². The zero-order chi connectivity index (χ0) is 19.1. The molecule has 2 aromatic rings. The number of hydrogen-bond donors (Lipinski definition) is 2. The number of nitrogens with zero attached hydrogens (tertiary/aromatic N) is 1. The van der Waals surface area contributed by atoms with Gasteiger partial charge in [-0.1, -0.05) is 17.7 Å². The fourth-order valence-electron chi connectivity index (χ4n) is 2.48. The van der Waals surface area contributed by atoms with Gasteiger partial charge in [-0.15, -0.1) is 0 Å². The van der Waals surface area contributed by atoms with Gasteiger partial charge < -0.3 is 15.5 Å². The number of rotatable bonds is 6. The molecule has 6 nitrogen and oxygen atoms in total. The van der Waals surface area contributed by atoms with Crippen molar-refractivity contribution in [2.24, 2.45) is 0 Å². The Hall–Kier alpha value is -3.15. The van der Waals surface area contributed by atoms with Crippen LogP contribution < -0.4 is 15.5 Å². The summed E-state index contributed by atoms with van der Waals surface area (Å²) in [4.78, 5) is 36.7. The second-order valence-electron chi connectivity index (χ2n) is 6.02. The largest absolute Gasteiger partial charge is 0.350 e. The normalized spacial score (nSPS) is 10.1. The summed E-state index contributed by atoms with van der Waals surface area (Å²) < 4.78 is 0. The minimum atomic E-state index is -0.172. The van der Waals surface area contributed by atoms with Gasteiger partial charge in [-0.25, -0.2) is 0 Å². The highest BCUT2D eigenvalue weighted by Gasteiger charge is 2.12. The Morgan fingerprint density at radius 1 is 0.923 bits per heavy atom. The van der Waals surface area contributed by atoms with Crippen molar-refractivity contribution in [3.8, 4) is 0 Å². The maximum atomic E-state index is 12.1. The lowest BCUT2D eigenvalue weighted by atomic mass is 10.1. The molecule has 0 unspecified atom stereocenters. The summed E-state index contributed by atoms with van der Waals surface area (Å²) in [7, 11) is 0. The minimum Gasteiger partial charge on any atom is -0.350 e. The number of aryl methyl sites for hydroxylation is 1. The van der Waals surface area contributed by atoms with Gasteiger partial charge in [0.15, 0.2) is 0 Å². The van der Waals surface area contributed by atoms with Crippen molar-refractivity contribution in [3.63, 3.8) is 0 Å². The standard InChI is InChI=1S/C20H23N3O3/c1-14-4-6-17(7-5-14)20(26)21-12-13-23(16(3)25)19-10-8-18(9-11-19)22-15(2)24/h4-11H,12-13H2,1-3H3,(H,21,26)(H,22,24). The number of carbonyl (C=O) groups excluding carboxylic acids is 3. The summed E-state index contributed by atoms with van der Waals surface area (Å²) in [6, 6.07) is 14.3. The molecule has 0 aliphatic heterocycles. The molecule has 0 aromatic heterocycles. The Bertz CT molecular complexity index is 783. The number of amides is 3. The zero-order valence-electron chi connectivity index (χ0n) is 15.2. The first kappa shape index (κ1) is 19.2. The Labute approximate surface area is 153 Å². The van der Waals surface area contributed by atoms with Crippen LogP contribution in [0.15, 0.2) is 48.5 Å². The molecular weight excluding hydrogens is 330 g/mol. The molecule has 6 heteroatoms. The van der Waals surface area contributed by atoms with Gasteiger partial charge in [0.25, 0.3) is 5.91 Å². The maximum Gasteiger partial charge on any atom is 0.251 e. The number of carbonyl (C=O) groups is 3. The summed E-state index contributed by atoms with van der Waals surface area (Å²) in [6.07, 6.45) is 0. The van der Waals surface area contributed by atoms with E-state index in [1.54, 1.807) is 41.3 Å².